The summed E-state index contributed by atoms with van der Waals surface area (Å²) in [4.78, 5) is 0. The van der Waals surface area contributed by atoms with Gasteiger partial charge in [0.1, 0.15) is 11.5 Å². The molecule has 0 aliphatic heterocycles. The van der Waals surface area contributed by atoms with Crippen molar-refractivity contribution in [1.82, 2.24) is 0 Å². The third-order valence-corrected chi connectivity index (χ3v) is 2.68. The quantitative estimate of drug-likeness (QED) is 0.758. The summed E-state index contributed by atoms with van der Waals surface area (Å²) in [5.41, 5.74) is 0.244. The molecule has 0 saturated heterocycles. The maximum Gasteiger partial charge on any atom is 0.496 e. The molecule has 0 fully saturated rings. The van der Waals surface area contributed by atoms with Gasteiger partial charge in [0.2, 0.25) is 0 Å². The van der Waals surface area contributed by atoms with E-state index in [0.29, 0.717) is 11.5 Å². The lowest BCUT2D eigenvalue weighted by molar-refractivity contribution is 0.388. The molecule has 0 atom stereocenters. The molecular formula is C12H13BO4. The first-order chi connectivity index (χ1) is 8.19. The summed E-state index contributed by atoms with van der Waals surface area (Å²) in [6, 6.07) is 9.29. The van der Waals surface area contributed by atoms with Gasteiger partial charge >= 0.3 is 7.12 Å². The number of hydrogen-bond acceptors (Lipinski definition) is 4. The Kier molecular flexibility index (Phi) is 3.22. The number of ether oxygens (including phenoxy) is 2. The Balaban J connectivity index is 2.84. The Bertz CT molecular complexity index is 539. The number of rotatable bonds is 3. The van der Waals surface area contributed by atoms with E-state index in [2.05, 4.69) is 0 Å². The molecule has 0 radical (unpaired) electrons. The molecule has 0 saturated carbocycles. The fourth-order valence-corrected chi connectivity index (χ4v) is 1.94. The SMILES string of the molecule is COc1cc2ccccc2c(OC)c1B(O)O. The second kappa shape index (κ2) is 4.65. The van der Waals surface area contributed by atoms with Crippen LogP contribution in [0.1, 0.15) is 0 Å². The van der Waals surface area contributed by atoms with Crippen molar-refractivity contribution in [3.8, 4) is 11.5 Å². The molecule has 0 aliphatic carbocycles. The fraction of sp³-hybridized carbons (Fsp3) is 0.167. The molecule has 0 bridgehead atoms. The molecule has 88 valence electrons. The Morgan fingerprint density at radius 1 is 1.06 bits per heavy atom. The van der Waals surface area contributed by atoms with Crippen LogP contribution in [0.5, 0.6) is 11.5 Å². The summed E-state index contributed by atoms with van der Waals surface area (Å²) in [6.07, 6.45) is 0. The van der Waals surface area contributed by atoms with E-state index in [1.165, 1.54) is 14.2 Å². The minimum absolute atomic E-state index is 0.244. The van der Waals surface area contributed by atoms with E-state index < -0.39 is 7.12 Å². The summed E-state index contributed by atoms with van der Waals surface area (Å²) >= 11 is 0. The maximum absolute atomic E-state index is 9.40. The average molecular weight is 232 g/mol. The summed E-state index contributed by atoms with van der Waals surface area (Å²) in [7, 11) is 1.34. The highest BCUT2D eigenvalue weighted by molar-refractivity contribution is 6.61. The van der Waals surface area contributed by atoms with Crippen LogP contribution in [0.4, 0.5) is 0 Å². The van der Waals surface area contributed by atoms with Crippen LogP contribution < -0.4 is 14.9 Å². The molecule has 0 unspecified atom stereocenters. The van der Waals surface area contributed by atoms with Crippen molar-refractivity contribution in [3.05, 3.63) is 30.3 Å². The molecule has 0 aliphatic rings. The molecule has 2 N–H and O–H groups in total. The summed E-state index contributed by atoms with van der Waals surface area (Å²) < 4.78 is 10.4. The molecule has 4 nitrogen and oxygen atoms in total. The molecule has 2 aromatic carbocycles. The zero-order chi connectivity index (χ0) is 12.4. The number of hydrogen-bond donors (Lipinski definition) is 2. The van der Waals surface area contributed by atoms with Crippen molar-refractivity contribution in [1.29, 1.82) is 0 Å². The molecule has 0 amide bonds. The van der Waals surface area contributed by atoms with Gasteiger partial charge in [-0.2, -0.15) is 0 Å². The first-order valence-electron chi connectivity index (χ1n) is 5.18. The predicted molar refractivity (Wildman–Crippen MR) is 66.9 cm³/mol. The normalized spacial score (nSPS) is 10.4. The van der Waals surface area contributed by atoms with Gasteiger partial charge in [-0.15, -0.1) is 0 Å². The van der Waals surface area contributed by atoms with Gasteiger partial charge < -0.3 is 19.5 Å². The fourth-order valence-electron chi connectivity index (χ4n) is 1.94. The molecular weight excluding hydrogens is 219 g/mol. The van der Waals surface area contributed by atoms with Gasteiger partial charge in [-0.1, -0.05) is 24.3 Å². The lowest BCUT2D eigenvalue weighted by Gasteiger charge is -2.15. The first kappa shape index (κ1) is 11.8. The zero-order valence-electron chi connectivity index (χ0n) is 9.68. The Morgan fingerprint density at radius 2 is 1.76 bits per heavy atom. The average Bonchev–Trinajstić information content (AvgIpc) is 2.35. The van der Waals surface area contributed by atoms with E-state index in [1.807, 2.05) is 24.3 Å². The van der Waals surface area contributed by atoms with Crippen LogP contribution in [-0.2, 0) is 0 Å². The van der Waals surface area contributed by atoms with Gasteiger partial charge in [0.25, 0.3) is 0 Å². The van der Waals surface area contributed by atoms with Crippen molar-refractivity contribution in [3.63, 3.8) is 0 Å². The molecule has 0 heterocycles. The van der Waals surface area contributed by atoms with Gasteiger partial charge in [-0.3, -0.25) is 0 Å². The second-order valence-corrected chi connectivity index (χ2v) is 3.62. The Hall–Kier alpha value is -1.72. The van der Waals surface area contributed by atoms with E-state index in [1.54, 1.807) is 6.07 Å². The number of methoxy groups -OCH3 is 2. The van der Waals surface area contributed by atoms with Crippen molar-refractivity contribution in [2.75, 3.05) is 14.2 Å². The van der Waals surface area contributed by atoms with Crippen molar-refractivity contribution in [2.24, 2.45) is 0 Å². The van der Waals surface area contributed by atoms with E-state index in [-0.39, 0.29) is 5.46 Å². The molecule has 2 rings (SSSR count). The number of benzene rings is 2. The standard InChI is InChI=1S/C12H13BO4/c1-16-10-7-8-5-3-4-6-9(8)12(17-2)11(10)13(14)15/h3-7,14-15H,1-2H3. The van der Waals surface area contributed by atoms with E-state index in [0.717, 1.165) is 10.8 Å². The number of fused-ring (bicyclic) bond motifs is 1. The third kappa shape index (κ3) is 1.95. The van der Waals surface area contributed by atoms with Crippen LogP contribution in [-0.4, -0.2) is 31.4 Å². The molecule has 17 heavy (non-hydrogen) atoms. The molecule has 0 spiro atoms. The topological polar surface area (TPSA) is 58.9 Å². The lowest BCUT2D eigenvalue weighted by Crippen LogP contribution is -2.32. The Labute approximate surface area is 99.6 Å². The molecule has 0 aromatic heterocycles. The molecule has 2 aromatic rings. The Morgan fingerprint density at radius 3 is 2.35 bits per heavy atom. The summed E-state index contributed by atoms with van der Waals surface area (Å²) in [6.45, 7) is 0. The highest BCUT2D eigenvalue weighted by Gasteiger charge is 2.24. The largest absolute Gasteiger partial charge is 0.497 e. The minimum Gasteiger partial charge on any atom is -0.497 e. The van der Waals surface area contributed by atoms with E-state index in [9.17, 15) is 10.0 Å². The van der Waals surface area contributed by atoms with Crippen LogP contribution in [0.2, 0.25) is 0 Å². The van der Waals surface area contributed by atoms with Gasteiger partial charge in [0.05, 0.1) is 19.7 Å². The maximum atomic E-state index is 9.40. The van der Waals surface area contributed by atoms with Gasteiger partial charge in [0, 0.05) is 5.39 Å². The van der Waals surface area contributed by atoms with Crippen molar-refractivity contribution < 1.29 is 19.5 Å². The van der Waals surface area contributed by atoms with Crippen LogP contribution in [0.3, 0.4) is 0 Å². The van der Waals surface area contributed by atoms with Gasteiger partial charge in [0.15, 0.2) is 0 Å². The van der Waals surface area contributed by atoms with Crippen molar-refractivity contribution in [2.45, 2.75) is 0 Å². The summed E-state index contributed by atoms with van der Waals surface area (Å²) in [5.74, 6) is 0.825. The second-order valence-electron chi connectivity index (χ2n) is 3.62. The highest BCUT2D eigenvalue weighted by Crippen LogP contribution is 2.29. The van der Waals surface area contributed by atoms with E-state index >= 15 is 0 Å². The predicted octanol–water partition coefficient (Wildman–Crippen LogP) is 0.537. The van der Waals surface area contributed by atoms with Crippen LogP contribution in [0.25, 0.3) is 10.8 Å². The highest BCUT2D eigenvalue weighted by atomic mass is 16.5. The van der Waals surface area contributed by atoms with Gasteiger partial charge in [-0.25, -0.2) is 0 Å². The smallest absolute Gasteiger partial charge is 0.496 e. The van der Waals surface area contributed by atoms with Crippen LogP contribution >= 0.6 is 0 Å². The van der Waals surface area contributed by atoms with Gasteiger partial charge in [-0.05, 0) is 11.5 Å². The minimum atomic E-state index is -1.63. The van der Waals surface area contributed by atoms with Crippen LogP contribution in [0.15, 0.2) is 30.3 Å². The van der Waals surface area contributed by atoms with Crippen LogP contribution in [0, 0.1) is 0 Å². The van der Waals surface area contributed by atoms with E-state index in [4.69, 9.17) is 9.47 Å². The lowest BCUT2D eigenvalue weighted by atomic mass is 9.77. The third-order valence-electron chi connectivity index (χ3n) is 2.68. The van der Waals surface area contributed by atoms with Crippen molar-refractivity contribution >= 4 is 23.4 Å². The monoisotopic (exact) mass is 232 g/mol. The molecule has 5 heteroatoms. The zero-order valence-corrected chi connectivity index (χ0v) is 9.68. The first-order valence-corrected chi connectivity index (χ1v) is 5.18. The summed E-state index contributed by atoms with van der Waals surface area (Å²) in [5, 5.41) is 20.5.